The van der Waals surface area contributed by atoms with Crippen LogP contribution in [0, 0.1) is 0 Å². The van der Waals surface area contributed by atoms with Crippen molar-refractivity contribution in [3.63, 3.8) is 0 Å². The van der Waals surface area contributed by atoms with E-state index >= 15 is 0 Å². The molecule has 162 valence electrons. The summed E-state index contributed by atoms with van der Waals surface area (Å²) in [4.78, 5) is 18.6. The highest BCUT2D eigenvalue weighted by atomic mass is 16.5. The maximum atomic E-state index is 12.9. The van der Waals surface area contributed by atoms with Gasteiger partial charge in [-0.3, -0.25) is 4.79 Å². The highest BCUT2D eigenvalue weighted by Crippen LogP contribution is 2.32. The number of hydrogen-bond acceptors (Lipinski definition) is 8. The van der Waals surface area contributed by atoms with Crippen molar-refractivity contribution in [3.05, 3.63) is 35.9 Å². The Morgan fingerprint density at radius 3 is 2.43 bits per heavy atom. The summed E-state index contributed by atoms with van der Waals surface area (Å²) in [5, 5.41) is 10.6. The average Bonchev–Trinajstić information content (AvgIpc) is 2.79. The van der Waals surface area contributed by atoms with E-state index in [4.69, 9.17) is 23.7 Å². The van der Waals surface area contributed by atoms with Crippen LogP contribution < -0.4 is 23.7 Å². The summed E-state index contributed by atoms with van der Waals surface area (Å²) in [6.45, 7) is 0.551. The molecule has 0 bridgehead atoms. The monoisotopic (exact) mass is 418 g/mol. The van der Waals surface area contributed by atoms with E-state index in [0.717, 1.165) is 0 Å². The van der Waals surface area contributed by atoms with Gasteiger partial charge in [0.25, 0.3) is 5.91 Å². The lowest BCUT2D eigenvalue weighted by Gasteiger charge is -2.36. The van der Waals surface area contributed by atoms with Crippen molar-refractivity contribution in [3.8, 4) is 29.0 Å². The molecule has 1 amide bonds. The molecule has 0 saturated carbocycles. The molecule has 0 unspecified atom stereocenters. The van der Waals surface area contributed by atoms with Gasteiger partial charge in [0.05, 0.1) is 35.0 Å². The van der Waals surface area contributed by atoms with E-state index < -0.39 is 12.2 Å². The maximum Gasteiger partial charge on any atom is 0.259 e. The van der Waals surface area contributed by atoms with E-state index in [9.17, 15) is 9.90 Å². The molecule has 2 atom stereocenters. The van der Waals surface area contributed by atoms with Gasteiger partial charge in [-0.15, -0.1) is 0 Å². The first kappa shape index (κ1) is 21.5. The molecule has 0 aliphatic carbocycles. The third-order valence-electron chi connectivity index (χ3n) is 4.92. The lowest BCUT2D eigenvalue weighted by molar-refractivity contribution is -0.0200. The fourth-order valence-corrected chi connectivity index (χ4v) is 3.32. The van der Waals surface area contributed by atoms with Gasteiger partial charge in [-0.25, -0.2) is 0 Å². The Morgan fingerprint density at radius 2 is 1.80 bits per heavy atom. The number of methoxy groups -OCH3 is 4. The number of nitrogens with zero attached hydrogens (tertiary/aromatic N) is 2. The van der Waals surface area contributed by atoms with Gasteiger partial charge >= 0.3 is 0 Å². The molecule has 1 N–H and O–H groups in total. The molecule has 1 aromatic heterocycles. The zero-order valence-corrected chi connectivity index (χ0v) is 17.5. The lowest BCUT2D eigenvalue weighted by atomic mass is 10.0. The number of rotatable bonds is 7. The zero-order chi connectivity index (χ0) is 21.7. The number of piperidine rings is 1. The Kier molecular flexibility index (Phi) is 6.83. The summed E-state index contributed by atoms with van der Waals surface area (Å²) in [7, 11) is 6.03. The van der Waals surface area contributed by atoms with Gasteiger partial charge in [0.15, 0.2) is 11.5 Å². The van der Waals surface area contributed by atoms with Gasteiger partial charge in [0.1, 0.15) is 23.5 Å². The van der Waals surface area contributed by atoms with Crippen molar-refractivity contribution in [2.45, 2.75) is 18.6 Å². The molecule has 9 nitrogen and oxygen atoms in total. The number of benzene rings is 1. The minimum absolute atomic E-state index is 0.131. The second-order valence-electron chi connectivity index (χ2n) is 6.69. The Bertz CT molecular complexity index is 890. The minimum atomic E-state index is -0.854. The van der Waals surface area contributed by atoms with Crippen LogP contribution in [-0.2, 0) is 0 Å². The van der Waals surface area contributed by atoms with Crippen LogP contribution >= 0.6 is 0 Å². The Balaban J connectivity index is 1.67. The minimum Gasteiger partial charge on any atom is -0.493 e. The molecule has 2 heterocycles. The number of carbonyl (C=O) groups is 1. The standard InChI is InChI=1S/C21H26N2O7/c1-26-17-7-5-13(11-18(17)27-2)30-16-9-10-23(12-15(16)24)21(25)14-6-8-19(28-3)22-20(14)29-4/h5-8,11,15-16,24H,9-10,12H2,1-4H3/t15-,16-/m1/s1. The van der Waals surface area contributed by atoms with Crippen molar-refractivity contribution in [2.24, 2.45) is 0 Å². The van der Waals surface area contributed by atoms with Crippen molar-refractivity contribution in [1.29, 1.82) is 0 Å². The number of pyridine rings is 1. The third kappa shape index (κ3) is 4.51. The summed E-state index contributed by atoms with van der Waals surface area (Å²) < 4.78 is 26.7. The first-order valence-electron chi connectivity index (χ1n) is 9.45. The van der Waals surface area contributed by atoms with Gasteiger partial charge in [0, 0.05) is 25.1 Å². The number of likely N-dealkylation sites (tertiary alicyclic amines) is 1. The molecule has 0 radical (unpaired) electrons. The van der Waals surface area contributed by atoms with Crippen LogP contribution in [0.4, 0.5) is 0 Å². The Morgan fingerprint density at radius 1 is 1.03 bits per heavy atom. The normalized spacial score (nSPS) is 18.5. The van der Waals surface area contributed by atoms with Crippen molar-refractivity contribution in [2.75, 3.05) is 41.5 Å². The highest BCUT2D eigenvalue weighted by Gasteiger charge is 2.33. The Labute approximate surface area is 175 Å². The third-order valence-corrected chi connectivity index (χ3v) is 4.92. The van der Waals surface area contributed by atoms with E-state index in [1.807, 2.05) is 0 Å². The molecule has 0 spiro atoms. The van der Waals surface area contributed by atoms with Gasteiger partial charge in [0.2, 0.25) is 11.8 Å². The summed E-state index contributed by atoms with van der Waals surface area (Å²) in [5.74, 6) is 1.94. The molecule has 1 aliphatic rings. The first-order chi connectivity index (χ1) is 14.5. The summed E-state index contributed by atoms with van der Waals surface area (Å²) in [5.41, 5.74) is 0.310. The first-order valence-corrected chi connectivity index (χ1v) is 9.45. The van der Waals surface area contributed by atoms with E-state index in [1.165, 1.54) is 14.2 Å². The lowest BCUT2D eigenvalue weighted by Crippen LogP contribution is -2.51. The largest absolute Gasteiger partial charge is 0.493 e. The summed E-state index contributed by atoms with van der Waals surface area (Å²) >= 11 is 0. The predicted molar refractivity (Wildman–Crippen MR) is 108 cm³/mol. The fourth-order valence-electron chi connectivity index (χ4n) is 3.32. The van der Waals surface area contributed by atoms with E-state index in [2.05, 4.69) is 4.98 Å². The summed E-state index contributed by atoms with van der Waals surface area (Å²) in [6, 6.07) is 8.39. The molecular weight excluding hydrogens is 392 g/mol. The summed E-state index contributed by atoms with van der Waals surface area (Å²) in [6.07, 6.45) is -0.844. The molecule has 1 fully saturated rings. The number of amides is 1. The van der Waals surface area contributed by atoms with Crippen LogP contribution in [0.3, 0.4) is 0 Å². The molecular formula is C21H26N2O7. The van der Waals surface area contributed by atoms with E-state index in [0.29, 0.717) is 41.7 Å². The second kappa shape index (κ2) is 9.53. The van der Waals surface area contributed by atoms with Crippen molar-refractivity contribution in [1.82, 2.24) is 9.88 Å². The SMILES string of the molecule is COc1ccc(C(=O)N2CC[C@@H](Oc3ccc(OC)c(OC)c3)[C@H](O)C2)c(OC)n1. The van der Waals surface area contributed by atoms with Crippen LogP contribution in [0.2, 0.25) is 0 Å². The fraction of sp³-hybridized carbons (Fsp3) is 0.429. The zero-order valence-electron chi connectivity index (χ0n) is 17.5. The number of hydrogen-bond donors (Lipinski definition) is 1. The quantitative estimate of drug-likeness (QED) is 0.726. The van der Waals surface area contributed by atoms with Crippen LogP contribution in [0.1, 0.15) is 16.8 Å². The highest BCUT2D eigenvalue weighted by molar-refractivity contribution is 5.96. The van der Waals surface area contributed by atoms with E-state index in [1.54, 1.807) is 49.5 Å². The molecule has 2 aromatic rings. The van der Waals surface area contributed by atoms with Crippen LogP contribution in [0.5, 0.6) is 29.0 Å². The average molecular weight is 418 g/mol. The molecule has 30 heavy (non-hydrogen) atoms. The van der Waals surface area contributed by atoms with Crippen LogP contribution in [-0.4, -0.2) is 74.6 Å². The second-order valence-corrected chi connectivity index (χ2v) is 6.69. The molecule has 1 saturated heterocycles. The van der Waals surface area contributed by atoms with Gasteiger partial charge in [-0.1, -0.05) is 0 Å². The van der Waals surface area contributed by atoms with Crippen LogP contribution in [0.15, 0.2) is 30.3 Å². The number of carbonyl (C=O) groups excluding carboxylic acids is 1. The number of aliphatic hydroxyl groups is 1. The van der Waals surface area contributed by atoms with Gasteiger partial charge in [-0.05, 0) is 18.2 Å². The molecule has 9 heteroatoms. The smallest absolute Gasteiger partial charge is 0.259 e. The van der Waals surface area contributed by atoms with Crippen molar-refractivity contribution < 1.29 is 33.6 Å². The molecule has 3 rings (SSSR count). The predicted octanol–water partition coefficient (Wildman–Crippen LogP) is 1.77. The van der Waals surface area contributed by atoms with E-state index in [-0.39, 0.29) is 18.3 Å². The number of aliphatic hydroxyl groups excluding tert-OH is 1. The number of aromatic nitrogens is 1. The Hall–Kier alpha value is -3.20. The molecule has 1 aromatic carbocycles. The topological polar surface area (TPSA) is 99.6 Å². The number of ether oxygens (including phenoxy) is 5. The van der Waals surface area contributed by atoms with Crippen LogP contribution in [0.25, 0.3) is 0 Å². The number of β-amino-alcohol motifs (C(OH)–C–C–N with tert-alkyl or cyclic N) is 1. The van der Waals surface area contributed by atoms with Gasteiger partial charge < -0.3 is 33.7 Å². The van der Waals surface area contributed by atoms with Crippen molar-refractivity contribution >= 4 is 5.91 Å². The molecule has 1 aliphatic heterocycles. The maximum absolute atomic E-state index is 12.9. The van der Waals surface area contributed by atoms with Gasteiger partial charge in [-0.2, -0.15) is 4.98 Å².